The molecule has 0 aromatic carbocycles. The van der Waals surface area contributed by atoms with Crippen LogP contribution in [-0.2, 0) is 14.3 Å². The molecule has 2 atom stereocenters. The largest absolute Gasteiger partial charge is 0.444 e. The molecule has 2 unspecified atom stereocenters. The first kappa shape index (κ1) is 22.7. The molecule has 0 aromatic rings. The van der Waals surface area contributed by atoms with Crippen molar-refractivity contribution in [3.05, 3.63) is 0 Å². The number of methoxy groups -OCH3 is 1. The molecule has 0 spiro atoms. The lowest BCUT2D eigenvalue weighted by Crippen LogP contribution is -2.47. The van der Waals surface area contributed by atoms with E-state index in [1.807, 2.05) is 27.7 Å². The minimum Gasteiger partial charge on any atom is -0.444 e. The van der Waals surface area contributed by atoms with Crippen LogP contribution in [0.25, 0.3) is 0 Å². The Kier molecular flexibility index (Phi) is 10.6. The van der Waals surface area contributed by atoms with Crippen molar-refractivity contribution in [1.82, 2.24) is 16.0 Å². The van der Waals surface area contributed by atoms with Crippen molar-refractivity contribution in [1.29, 1.82) is 0 Å². The number of hydrogen-bond acceptors (Lipinski definition) is 5. The van der Waals surface area contributed by atoms with Crippen LogP contribution >= 0.6 is 0 Å². The van der Waals surface area contributed by atoms with Gasteiger partial charge in [0.2, 0.25) is 5.91 Å². The molecular weight excluding hydrogens is 310 g/mol. The van der Waals surface area contributed by atoms with Gasteiger partial charge in [-0.3, -0.25) is 4.79 Å². The number of carbonyl (C=O) groups excluding carboxylic acids is 2. The van der Waals surface area contributed by atoms with E-state index in [1.54, 1.807) is 7.11 Å². The summed E-state index contributed by atoms with van der Waals surface area (Å²) >= 11 is 0. The number of rotatable bonds is 10. The standard InChI is InChI=1S/C17H35N3O4/c1-12(2)14(11-20-16(22)24-17(4,5)6)10-19-13(3)15(21)18-8-9-23-7/h12-14,19H,8-11H2,1-7H3,(H,18,21)(H,20,22). The molecule has 0 aromatic heterocycles. The molecule has 7 nitrogen and oxygen atoms in total. The Morgan fingerprint density at radius 2 is 1.67 bits per heavy atom. The quantitative estimate of drug-likeness (QED) is 0.523. The normalized spacial score (nSPS) is 14.2. The smallest absolute Gasteiger partial charge is 0.407 e. The lowest BCUT2D eigenvalue weighted by atomic mass is 9.95. The van der Waals surface area contributed by atoms with Crippen molar-refractivity contribution < 1.29 is 19.1 Å². The van der Waals surface area contributed by atoms with Crippen LogP contribution < -0.4 is 16.0 Å². The first-order chi connectivity index (χ1) is 11.1. The number of nitrogens with one attached hydrogen (secondary N) is 3. The molecule has 0 radical (unpaired) electrons. The third kappa shape index (κ3) is 11.2. The molecule has 0 bridgehead atoms. The molecule has 2 amide bonds. The summed E-state index contributed by atoms with van der Waals surface area (Å²) in [5.41, 5.74) is -0.509. The topological polar surface area (TPSA) is 88.7 Å². The molecule has 0 heterocycles. The van der Waals surface area contributed by atoms with Gasteiger partial charge in [-0.1, -0.05) is 13.8 Å². The van der Waals surface area contributed by atoms with Crippen LogP contribution in [0, 0.1) is 11.8 Å². The molecule has 0 aliphatic rings. The number of alkyl carbamates (subject to hydrolysis) is 1. The van der Waals surface area contributed by atoms with Gasteiger partial charge in [-0.05, 0) is 39.5 Å². The van der Waals surface area contributed by atoms with E-state index < -0.39 is 11.7 Å². The SMILES string of the molecule is COCCNC(=O)C(C)NCC(CNC(=O)OC(C)(C)C)C(C)C. The van der Waals surface area contributed by atoms with Gasteiger partial charge in [0.1, 0.15) is 5.60 Å². The number of carbonyl (C=O) groups is 2. The Labute approximate surface area is 146 Å². The highest BCUT2D eigenvalue weighted by Gasteiger charge is 2.20. The summed E-state index contributed by atoms with van der Waals surface area (Å²) in [6.07, 6.45) is -0.418. The maximum absolute atomic E-state index is 11.9. The van der Waals surface area contributed by atoms with Crippen LogP contribution in [0.1, 0.15) is 41.5 Å². The van der Waals surface area contributed by atoms with Gasteiger partial charge in [0.25, 0.3) is 0 Å². The number of hydrogen-bond donors (Lipinski definition) is 3. The van der Waals surface area contributed by atoms with E-state index >= 15 is 0 Å². The second kappa shape index (κ2) is 11.3. The first-order valence-electron chi connectivity index (χ1n) is 8.53. The third-order valence-corrected chi connectivity index (χ3v) is 3.54. The summed E-state index contributed by atoms with van der Waals surface area (Å²) in [5, 5.41) is 8.81. The summed E-state index contributed by atoms with van der Waals surface area (Å²) in [5.74, 6) is 0.498. The zero-order chi connectivity index (χ0) is 18.8. The summed E-state index contributed by atoms with van der Waals surface area (Å²) in [6.45, 7) is 13.6. The van der Waals surface area contributed by atoms with E-state index in [4.69, 9.17) is 9.47 Å². The molecule has 24 heavy (non-hydrogen) atoms. The van der Waals surface area contributed by atoms with E-state index in [2.05, 4.69) is 29.8 Å². The molecule has 142 valence electrons. The van der Waals surface area contributed by atoms with Crippen LogP contribution in [0.4, 0.5) is 4.79 Å². The van der Waals surface area contributed by atoms with Gasteiger partial charge >= 0.3 is 6.09 Å². The van der Waals surface area contributed by atoms with Crippen molar-refractivity contribution in [2.75, 3.05) is 33.4 Å². The summed E-state index contributed by atoms with van der Waals surface area (Å²) in [7, 11) is 1.60. The van der Waals surface area contributed by atoms with Crippen LogP contribution in [0.15, 0.2) is 0 Å². The van der Waals surface area contributed by atoms with Gasteiger partial charge in [0.15, 0.2) is 0 Å². The van der Waals surface area contributed by atoms with Gasteiger partial charge in [-0.2, -0.15) is 0 Å². The number of ether oxygens (including phenoxy) is 2. The molecular formula is C17H35N3O4. The van der Waals surface area contributed by atoms with Crippen LogP contribution in [-0.4, -0.2) is 57.0 Å². The van der Waals surface area contributed by atoms with Gasteiger partial charge in [0.05, 0.1) is 12.6 Å². The van der Waals surface area contributed by atoms with E-state index in [-0.39, 0.29) is 17.9 Å². The highest BCUT2D eigenvalue weighted by molar-refractivity contribution is 5.81. The predicted molar refractivity (Wildman–Crippen MR) is 94.9 cm³/mol. The van der Waals surface area contributed by atoms with Gasteiger partial charge in [-0.25, -0.2) is 4.79 Å². The lowest BCUT2D eigenvalue weighted by Gasteiger charge is -2.25. The van der Waals surface area contributed by atoms with Crippen molar-refractivity contribution >= 4 is 12.0 Å². The van der Waals surface area contributed by atoms with Gasteiger partial charge < -0.3 is 25.4 Å². The zero-order valence-corrected chi connectivity index (χ0v) is 16.2. The molecule has 0 fully saturated rings. The Bertz CT molecular complexity index is 381. The molecule has 0 saturated carbocycles. The summed E-state index contributed by atoms with van der Waals surface area (Å²) < 4.78 is 10.1. The maximum Gasteiger partial charge on any atom is 0.407 e. The Balaban J connectivity index is 4.24. The number of amides is 2. The van der Waals surface area contributed by atoms with E-state index in [0.29, 0.717) is 32.2 Å². The predicted octanol–water partition coefficient (Wildman–Crippen LogP) is 1.52. The van der Waals surface area contributed by atoms with Crippen molar-refractivity contribution in [3.8, 4) is 0 Å². The zero-order valence-electron chi connectivity index (χ0n) is 16.2. The highest BCUT2D eigenvalue weighted by Crippen LogP contribution is 2.10. The maximum atomic E-state index is 11.9. The molecule has 0 saturated heterocycles. The van der Waals surface area contributed by atoms with E-state index in [1.165, 1.54) is 0 Å². The van der Waals surface area contributed by atoms with Crippen LogP contribution in [0.3, 0.4) is 0 Å². The van der Waals surface area contributed by atoms with E-state index in [9.17, 15) is 9.59 Å². The summed E-state index contributed by atoms with van der Waals surface area (Å²) in [4.78, 5) is 23.7. The van der Waals surface area contributed by atoms with E-state index in [0.717, 1.165) is 0 Å². The van der Waals surface area contributed by atoms with Gasteiger partial charge in [0, 0.05) is 26.7 Å². The Hall–Kier alpha value is -1.34. The minimum absolute atomic E-state index is 0.0605. The van der Waals surface area contributed by atoms with Crippen molar-refractivity contribution in [2.45, 2.75) is 53.2 Å². The molecule has 7 heteroatoms. The fraction of sp³-hybridized carbons (Fsp3) is 0.882. The second-order valence-corrected chi connectivity index (χ2v) is 7.30. The molecule has 0 rings (SSSR count). The average Bonchev–Trinajstić information content (AvgIpc) is 2.44. The molecule has 0 aliphatic carbocycles. The highest BCUT2D eigenvalue weighted by atomic mass is 16.6. The lowest BCUT2D eigenvalue weighted by molar-refractivity contribution is -0.123. The summed E-state index contributed by atoms with van der Waals surface area (Å²) in [6, 6.07) is -0.301. The molecule has 3 N–H and O–H groups in total. The van der Waals surface area contributed by atoms with Crippen LogP contribution in [0.2, 0.25) is 0 Å². The monoisotopic (exact) mass is 345 g/mol. The van der Waals surface area contributed by atoms with Gasteiger partial charge in [-0.15, -0.1) is 0 Å². The average molecular weight is 345 g/mol. The first-order valence-corrected chi connectivity index (χ1v) is 8.53. The van der Waals surface area contributed by atoms with Crippen LogP contribution in [0.5, 0.6) is 0 Å². The van der Waals surface area contributed by atoms with Crippen molar-refractivity contribution in [2.24, 2.45) is 11.8 Å². The second-order valence-electron chi connectivity index (χ2n) is 7.30. The third-order valence-electron chi connectivity index (χ3n) is 3.54. The Morgan fingerprint density at radius 1 is 1.04 bits per heavy atom. The fourth-order valence-corrected chi connectivity index (χ4v) is 1.92. The minimum atomic E-state index is -0.509. The molecule has 0 aliphatic heterocycles. The fourth-order valence-electron chi connectivity index (χ4n) is 1.92. The Morgan fingerprint density at radius 3 is 2.17 bits per heavy atom. The van der Waals surface area contributed by atoms with Crippen molar-refractivity contribution in [3.63, 3.8) is 0 Å².